The first-order valence-electron chi connectivity index (χ1n) is 6.65. The van der Waals surface area contributed by atoms with Crippen LogP contribution in [0.4, 0.5) is 0 Å². The Morgan fingerprint density at radius 3 is 2.85 bits per heavy atom. The van der Waals surface area contributed by atoms with Gasteiger partial charge in [0, 0.05) is 18.7 Å². The zero-order chi connectivity index (χ0) is 14.8. The summed E-state index contributed by atoms with van der Waals surface area (Å²) in [6.07, 6.45) is 0.586. The molecule has 0 spiro atoms. The maximum atomic E-state index is 12.6. The highest BCUT2D eigenvalue weighted by atomic mass is 16.3. The number of hydrogen-bond acceptors (Lipinski definition) is 3. The lowest BCUT2D eigenvalue weighted by molar-refractivity contribution is 0.0572. The van der Waals surface area contributed by atoms with Gasteiger partial charge in [-0.15, -0.1) is 0 Å². The first-order valence-corrected chi connectivity index (χ1v) is 6.65. The lowest BCUT2D eigenvalue weighted by Gasteiger charge is -2.20. The molecule has 1 atom stereocenters. The van der Waals surface area contributed by atoms with Crippen molar-refractivity contribution < 1.29 is 15.0 Å². The maximum Gasteiger partial charge on any atom is 0.255 e. The summed E-state index contributed by atoms with van der Waals surface area (Å²) in [5, 5.41) is 18.8. The number of rotatable bonds is 1. The predicted molar refractivity (Wildman–Crippen MR) is 76.3 cm³/mol. The highest BCUT2D eigenvalue weighted by Crippen LogP contribution is 2.23. The van der Waals surface area contributed by atoms with Crippen molar-refractivity contribution in [2.75, 3.05) is 19.7 Å². The number of likely N-dealkylation sites (tertiary alicyclic amines) is 1. The number of carbonyl (C=O) groups is 1. The standard InChI is InChI=1S/C16H19NO3/c1-12-5-6-13(4-3-9-18)14(10-12)15(19)17-8-7-16(2,20)11-17/h5-6,10,18,20H,7-9,11H2,1-2H3. The number of β-amino-alcohol motifs (C(OH)–C–C–N with tert-alkyl or cyclic N) is 1. The van der Waals surface area contributed by atoms with Gasteiger partial charge in [-0.1, -0.05) is 23.5 Å². The summed E-state index contributed by atoms with van der Waals surface area (Å²) < 4.78 is 0. The molecule has 1 amide bonds. The van der Waals surface area contributed by atoms with Crippen LogP contribution in [0.15, 0.2) is 18.2 Å². The van der Waals surface area contributed by atoms with Crippen LogP contribution < -0.4 is 0 Å². The highest BCUT2D eigenvalue weighted by molar-refractivity contribution is 5.97. The summed E-state index contributed by atoms with van der Waals surface area (Å²) in [5.74, 6) is 5.26. The molecule has 2 rings (SSSR count). The number of aryl methyl sites for hydroxylation is 1. The van der Waals surface area contributed by atoms with Crippen molar-refractivity contribution in [3.63, 3.8) is 0 Å². The Morgan fingerprint density at radius 1 is 1.50 bits per heavy atom. The molecule has 0 radical (unpaired) electrons. The zero-order valence-corrected chi connectivity index (χ0v) is 11.8. The van der Waals surface area contributed by atoms with Crippen LogP contribution in [0.25, 0.3) is 0 Å². The molecule has 4 heteroatoms. The fourth-order valence-electron chi connectivity index (χ4n) is 2.37. The third kappa shape index (κ3) is 3.19. The third-order valence-electron chi connectivity index (χ3n) is 3.45. The van der Waals surface area contributed by atoms with Gasteiger partial charge in [0.15, 0.2) is 0 Å². The molecule has 1 aromatic rings. The van der Waals surface area contributed by atoms with Crippen molar-refractivity contribution in [1.82, 2.24) is 4.90 Å². The van der Waals surface area contributed by atoms with Crippen LogP contribution in [-0.4, -0.2) is 46.3 Å². The minimum absolute atomic E-state index is 0.117. The largest absolute Gasteiger partial charge is 0.388 e. The summed E-state index contributed by atoms with van der Waals surface area (Å²) in [6.45, 7) is 4.31. The molecule has 1 aromatic carbocycles. The summed E-state index contributed by atoms with van der Waals surface area (Å²) in [4.78, 5) is 14.2. The Labute approximate surface area is 119 Å². The molecule has 0 aromatic heterocycles. The lowest BCUT2D eigenvalue weighted by atomic mass is 10.0. The molecular weight excluding hydrogens is 254 g/mol. The smallest absolute Gasteiger partial charge is 0.255 e. The lowest BCUT2D eigenvalue weighted by Crippen LogP contribution is -2.34. The minimum Gasteiger partial charge on any atom is -0.388 e. The number of hydrogen-bond donors (Lipinski definition) is 2. The molecule has 1 saturated heterocycles. The van der Waals surface area contributed by atoms with Crippen LogP contribution >= 0.6 is 0 Å². The number of aliphatic hydroxyl groups excluding tert-OH is 1. The average Bonchev–Trinajstić information content (AvgIpc) is 2.77. The molecule has 1 unspecified atom stereocenters. The minimum atomic E-state index is -0.809. The molecule has 1 aliphatic rings. The molecule has 0 aliphatic carbocycles. The van der Waals surface area contributed by atoms with Crippen LogP contribution in [0.1, 0.15) is 34.8 Å². The highest BCUT2D eigenvalue weighted by Gasteiger charge is 2.34. The Hall–Kier alpha value is -1.83. The Balaban J connectivity index is 2.31. The SMILES string of the molecule is Cc1ccc(C#CCO)c(C(=O)N2CCC(C)(O)C2)c1. The number of aliphatic hydroxyl groups is 2. The molecule has 2 N–H and O–H groups in total. The van der Waals surface area contributed by atoms with Gasteiger partial charge >= 0.3 is 0 Å². The van der Waals surface area contributed by atoms with Gasteiger partial charge < -0.3 is 15.1 Å². The monoisotopic (exact) mass is 273 g/mol. The first kappa shape index (κ1) is 14.6. The Kier molecular flexibility index (Phi) is 4.12. The zero-order valence-electron chi connectivity index (χ0n) is 11.8. The second kappa shape index (κ2) is 5.66. The first-order chi connectivity index (χ1) is 9.43. The van der Waals surface area contributed by atoms with Crippen LogP contribution in [0.3, 0.4) is 0 Å². The second-order valence-corrected chi connectivity index (χ2v) is 5.48. The predicted octanol–water partition coefficient (Wildman–Crippen LogP) is 0.936. The number of amides is 1. The van der Waals surface area contributed by atoms with Crippen molar-refractivity contribution in [3.05, 3.63) is 34.9 Å². The van der Waals surface area contributed by atoms with Gasteiger partial charge in [0.25, 0.3) is 5.91 Å². The fourth-order valence-corrected chi connectivity index (χ4v) is 2.37. The average molecular weight is 273 g/mol. The summed E-state index contributed by atoms with van der Waals surface area (Å²) >= 11 is 0. The van der Waals surface area contributed by atoms with E-state index >= 15 is 0 Å². The van der Waals surface area contributed by atoms with Crippen LogP contribution in [0.2, 0.25) is 0 Å². The quantitative estimate of drug-likeness (QED) is 0.749. The Bertz CT molecular complexity index is 581. The summed E-state index contributed by atoms with van der Waals surface area (Å²) in [7, 11) is 0. The molecule has 1 heterocycles. The molecule has 0 saturated carbocycles. The van der Waals surface area contributed by atoms with Crippen molar-refractivity contribution in [2.45, 2.75) is 25.9 Å². The van der Waals surface area contributed by atoms with Crippen LogP contribution in [0.5, 0.6) is 0 Å². The van der Waals surface area contributed by atoms with E-state index in [2.05, 4.69) is 11.8 Å². The molecule has 106 valence electrons. The van der Waals surface area contributed by atoms with Gasteiger partial charge in [-0.3, -0.25) is 4.79 Å². The summed E-state index contributed by atoms with van der Waals surface area (Å²) in [6, 6.07) is 5.48. The summed E-state index contributed by atoms with van der Waals surface area (Å²) in [5.41, 5.74) is 1.31. The van der Waals surface area contributed by atoms with E-state index in [0.29, 0.717) is 30.6 Å². The molecular formula is C16H19NO3. The Morgan fingerprint density at radius 2 is 2.25 bits per heavy atom. The fraction of sp³-hybridized carbons (Fsp3) is 0.438. The van der Waals surface area contributed by atoms with Gasteiger partial charge in [0.05, 0.1) is 11.2 Å². The van der Waals surface area contributed by atoms with Crippen molar-refractivity contribution in [2.24, 2.45) is 0 Å². The van der Waals surface area contributed by atoms with Gasteiger partial charge in [0.2, 0.25) is 0 Å². The second-order valence-electron chi connectivity index (χ2n) is 5.48. The van der Waals surface area contributed by atoms with Gasteiger partial charge in [0.1, 0.15) is 6.61 Å². The van der Waals surface area contributed by atoms with E-state index in [-0.39, 0.29) is 12.5 Å². The van der Waals surface area contributed by atoms with E-state index in [0.717, 1.165) is 5.56 Å². The van der Waals surface area contributed by atoms with Crippen molar-refractivity contribution >= 4 is 5.91 Å². The molecule has 1 fully saturated rings. The van der Waals surface area contributed by atoms with Gasteiger partial charge in [-0.2, -0.15) is 0 Å². The molecule has 4 nitrogen and oxygen atoms in total. The van der Waals surface area contributed by atoms with E-state index in [4.69, 9.17) is 5.11 Å². The number of carbonyl (C=O) groups excluding carboxylic acids is 1. The van der Waals surface area contributed by atoms with Crippen LogP contribution in [-0.2, 0) is 0 Å². The van der Waals surface area contributed by atoms with E-state index in [1.807, 2.05) is 13.0 Å². The van der Waals surface area contributed by atoms with Crippen LogP contribution in [0, 0.1) is 18.8 Å². The van der Waals surface area contributed by atoms with E-state index in [9.17, 15) is 9.90 Å². The normalized spacial score (nSPS) is 21.5. The molecule has 1 aliphatic heterocycles. The van der Waals surface area contributed by atoms with Gasteiger partial charge in [-0.25, -0.2) is 0 Å². The number of nitrogens with zero attached hydrogens (tertiary/aromatic N) is 1. The van der Waals surface area contributed by atoms with Crippen molar-refractivity contribution in [1.29, 1.82) is 0 Å². The molecule has 20 heavy (non-hydrogen) atoms. The van der Waals surface area contributed by atoms with Crippen molar-refractivity contribution in [3.8, 4) is 11.8 Å². The van der Waals surface area contributed by atoms with E-state index < -0.39 is 5.60 Å². The third-order valence-corrected chi connectivity index (χ3v) is 3.45. The van der Waals surface area contributed by atoms with Gasteiger partial charge in [-0.05, 0) is 32.4 Å². The number of benzene rings is 1. The topological polar surface area (TPSA) is 60.8 Å². The van der Waals surface area contributed by atoms with E-state index in [1.165, 1.54) is 0 Å². The maximum absolute atomic E-state index is 12.6. The molecule has 0 bridgehead atoms. The van der Waals surface area contributed by atoms with E-state index in [1.54, 1.807) is 24.0 Å².